The Kier molecular flexibility index (Phi) is 5.93. The Bertz CT molecular complexity index is 980. The summed E-state index contributed by atoms with van der Waals surface area (Å²) in [5, 5.41) is 6.31. The summed E-state index contributed by atoms with van der Waals surface area (Å²) in [6.07, 6.45) is 5.31. The van der Waals surface area contributed by atoms with Crippen LogP contribution in [0, 0.1) is 17.8 Å². The van der Waals surface area contributed by atoms with E-state index in [0.29, 0.717) is 17.5 Å². The van der Waals surface area contributed by atoms with Crippen molar-refractivity contribution in [2.24, 2.45) is 5.92 Å². The molecular weight excluding hydrogens is 384 g/mol. The Morgan fingerprint density at radius 2 is 2.17 bits per heavy atom. The number of aryl methyl sites for hydroxylation is 1. The molecule has 6 nitrogen and oxygen atoms in total. The first-order valence-corrected chi connectivity index (χ1v) is 10.8. The molecular formula is C22H24N4O2S. The molecule has 3 heterocycles. The first-order valence-electron chi connectivity index (χ1n) is 9.94. The summed E-state index contributed by atoms with van der Waals surface area (Å²) in [5.74, 6) is 7.19. The number of aromatic nitrogens is 1. The summed E-state index contributed by atoms with van der Waals surface area (Å²) >= 11 is 1.54. The van der Waals surface area contributed by atoms with E-state index in [4.69, 9.17) is 0 Å². The number of carbonyl (C=O) groups is 2. The molecule has 0 bridgehead atoms. The van der Waals surface area contributed by atoms with E-state index in [1.165, 1.54) is 28.7 Å². The second kappa shape index (κ2) is 8.76. The third-order valence-electron chi connectivity index (χ3n) is 5.22. The molecule has 2 aromatic rings. The number of carbonyl (C=O) groups excluding carboxylic acids is 2. The van der Waals surface area contributed by atoms with Crippen LogP contribution >= 0.6 is 11.3 Å². The van der Waals surface area contributed by atoms with Gasteiger partial charge in [-0.1, -0.05) is 11.8 Å². The van der Waals surface area contributed by atoms with Gasteiger partial charge >= 0.3 is 0 Å². The number of piperidine rings is 1. The number of nitrogens with zero attached hydrogens (tertiary/aromatic N) is 2. The molecule has 4 rings (SSSR count). The Balaban J connectivity index is 1.29. The minimum absolute atomic E-state index is 0.0889. The SMILES string of the molecule is CC(=O)Nc1ncc(CN2CCC(C#Cc3ccc4c(c3)CCC(=O)N4)CC2)s1. The van der Waals surface area contributed by atoms with E-state index in [-0.39, 0.29) is 11.8 Å². The molecule has 7 heteroatoms. The summed E-state index contributed by atoms with van der Waals surface area (Å²) in [6.45, 7) is 4.40. The summed E-state index contributed by atoms with van der Waals surface area (Å²) in [6, 6.07) is 6.06. The van der Waals surface area contributed by atoms with Gasteiger partial charge < -0.3 is 10.6 Å². The Labute approximate surface area is 174 Å². The van der Waals surface area contributed by atoms with Crippen molar-refractivity contribution in [3.63, 3.8) is 0 Å². The molecule has 2 aliphatic rings. The molecule has 1 aromatic heterocycles. The minimum atomic E-state index is -0.0889. The van der Waals surface area contributed by atoms with Crippen molar-refractivity contribution >= 4 is 34.0 Å². The van der Waals surface area contributed by atoms with Crippen LogP contribution in [-0.4, -0.2) is 34.8 Å². The standard InChI is InChI=1S/C22H24N4O2S/c1-15(27)24-22-23-13-19(29-22)14-26-10-8-16(9-11-26)2-3-17-4-6-20-18(12-17)5-7-21(28)25-20/h4,6,12-13,16H,5,7-11,14H2,1H3,(H,25,28)(H,23,24,27). The number of amides is 2. The van der Waals surface area contributed by atoms with Crippen molar-refractivity contribution < 1.29 is 9.59 Å². The fraction of sp³-hybridized carbons (Fsp3) is 0.409. The zero-order valence-electron chi connectivity index (χ0n) is 16.5. The van der Waals surface area contributed by atoms with Crippen molar-refractivity contribution in [2.75, 3.05) is 23.7 Å². The second-order valence-corrected chi connectivity index (χ2v) is 8.67. The number of anilines is 2. The van der Waals surface area contributed by atoms with Crippen molar-refractivity contribution in [2.45, 2.75) is 39.2 Å². The lowest BCUT2D eigenvalue weighted by Gasteiger charge is -2.29. The molecule has 0 unspecified atom stereocenters. The summed E-state index contributed by atoms with van der Waals surface area (Å²) in [5.41, 5.74) is 3.12. The van der Waals surface area contributed by atoms with E-state index in [2.05, 4.69) is 38.4 Å². The first kappa shape index (κ1) is 19.6. The molecule has 2 N–H and O–H groups in total. The lowest BCUT2D eigenvalue weighted by Crippen LogP contribution is -2.32. The predicted octanol–water partition coefficient (Wildman–Crippen LogP) is 3.25. The number of likely N-dealkylation sites (tertiary alicyclic amines) is 1. The topological polar surface area (TPSA) is 74.3 Å². The van der Waals surface area contributed by atoms with Crippen LogP contribution in [0.1, 0.15) is 42.2 Å². The number of nitrogens with one attached hydrogen (secondary N) is 2. The summed E-state index contributed by atoms with van der Waals surface area (Å²) < 4.78 is 0. The summed E-state index contributed by atoms with van der Waals surface area (Å²) in [7, 11) is 0. The van der Waals surface area contributed by atoms with Crippen molar-refractivity contribution in [1.29, 1.82) is 0 Å². The number of benzene rings is 1. The van der Waals surface area contributed by atoms with E-state index >= 15 is 0 Å². The van der Waals surface area contributed by atoms with Gasteiger partial charge in [-0.2, -0.15) is 0 Å². The van der Waals surface area contributed by atoms with Gasteiger partial charge in [0.1, 0.15) is 0 Å². The predicted molar refractivity (Wildman–Crippen MR) is 115 cm³/mol. The highest BCUT2D eigenvalue weighted by Crippen LogP contribution is 2.25. The first-order chi connectivity index (χ1) is 14.0. The number of rotatable bonds is 3. The van der Waals surface area contributed by atoms with Gasteiger partial charge in [-0.25, -0.2) is 4.98 Å². The third-order valence-corrected chi connectivity index (χ3v) is 6.12. The van der Waals surface area contributed by atoms with E-state index in [9.17, 15) is 9.59 Å². The fourth-order valence-corrected chi connectivity index (χ4v) is 4.59. The largest absolute Gasteiger partial charge is 0.326 e. The molecule has 0 spiro atoms. The van der Waals surface area contributed by atoms with Crippen LogP contribution < -0.4 is 10.6 Å². The van der Waals surface area contributed by atoms with Gasteiger partial charge in [0.15, 0.2) is 5.13 Å². The highest BCUT2D eigenvalue weighted by Gasteiger charge is 2.19. The van der Waals surface area contributed by atoms with Crippen LogP contribution in [0.3, 0.4) is 0 Å². The van der Waals surface area contributed by atoms with Gasteiger partial charge in [0.25, 0.3) is 0 Å². The van der Waals surface area contributed by atoms with Crippen molar-refractivity contribution in [3.8, 4) is 11.8 Å². The Hall–Kier alpha value is -2.69. The van der Waals surface area contributed by atoms with Crippen molar-refractivity contribution in [3.05, 3.63) is 40.4 Å². The zero-order chi connectivity index (χ0) is 20.2. The fourth-order valence-electron chi connectivity index (χ4n) is 3.69. The van der Waals surface area contributed by atoms with E-state index < -0.39 is 0 Å². The number of hydrogen-bond donors (Lipinski definition) is 2. The van der Waals surface area contributed by atoms with Crippen molar-refractivity contribution in [1.82, 2.24) is 9.88 Å². The van der Waals surface area contributed by atoms with Gasteiger partial charge in [-0.3, -0.25) is 14.5 Å². The van der Waals surface area contributed by atoms with Gasteiger partial charge in [0.05, 0.1) is 0 Å². The molecule has 29 heavy (non-hydrogen) atoms. The normalized spacial score (nSPS) is 17.1. The molecule has 150 valence electrons. The molecule has 2 aliphatic heterocycles. The quantitative estimate of drug-likeness (QED) is 0.765. The van der Waals surface area contributed by atoms with E-state index in [1.54, 1.807) is 0 Å². The molecule has 2 amide bonds. The number of hydrogen-bond acceptors (Lipinski definition) is 5. The zero-order valence-corrected chi connectivity index (χ0v) is 17.3. The maximum atomic E-state index is 11.5. The van der Waals surface area contributed by atoms with Crippen LogP contribution in [0.15, 0.2) is 24.4 Å². The van der Waals surface area contributed by atoms with Gasteiger partial charge in [-0.15, -0.1) is 11.3 Å². The average molecular weight is 409 g/mol. The van der Waals surface area contributed by atoms with Crippen LogP contribution in [0.4, 0.5) is 10.8 Å². The maximum Gasteiger partial charge on any atom is 0.224 e. The molecule has 1 fully saturated rings. The lowest BCUT2D eigenvalue weighted by molar-refractivity contribution is -0.116. The van der Waals surface area contributed by atoms with Gasteiger partial charge in [0.2, 0.25) is 11.8 Å². The Morgan fingerprint density at radius 3 is 2.97 bits per heavy atom. The van der Waals surface area contributed by atoms with E-state index in [0.717, 1.165) is 50.1 Å². The number of thiazole rings is 1. The maximum absolute atomic E-state index is 11.5. The Morgan fingerprint density at radius 1 is 1.34 bits per heavy atom. The van der Waals surface area contributed by atoms with Crippen LogP contribution in [-0.2, 0) is 22.6 Å². The monoisotopic (exact) mass is 408 g/mol. The minimum Gasteiger partial charge on any atom is -0.326 e. The molecule has 0 saturated carbocycles. The number of fused-ring (bicyclic) bond motifs is 1. The lowest BCUT2D eigenvalue weighted by atomic mass is 9.96. The summed E-state index contributed by atoms with van der Waals surface area (Å²) in [4.78, 5) is 30.4. The molecule has 0 radical (unpaired) electrons. The highest BCUT2D eigenvalue weighted by atomic mass is 32.1. The van der Waals surface area contributed by atoms with Crippen LogP contribution in [0.25, 0.3) is 0 Å². The third kappa shape index (κ3) is 5.22. The smallest absolute Gasteiger partial charge is 0.224 e. The highest BCUT2D eigenvalue weighted by molar-refractivity contribution is 7.15. The van der Waals surface area contributed by atoms with Crippen LogP contribution in [0.2, 0.25) is 0 Å². The molecule has 1 saturated heterocycles. The average Bonchev–Trinajstić information content (AvgIpc) is 3.13. The molecule has 0 atom stereocenters. The molecule has 0 aliphatic carbocycles. The second-order valence-electron chi connectivity index (χ2n) is 7.55. The van der Waals surface area contributed by atoms with E-state index in [1.807, 2.05) is 18.3 Å². The van der Waals surface area contributed by atoms with Crippen LogP contribution in [0.5, 0.6) is 0 Å². The molecule has 1 aromatic carbocycles. The van der Waals surface area contributed by atoms with Gasteiger partial charge in [0, 0.05) is 48.1 Å². The van der Waals surface area contributed by atoms with Gasteiger partial charge in [-0.05, 0) is 56.1 Å².